The predicted molar refractivity (Wildman–Crippen MR) is 131 cm³/mol. The van der Waals surface area contributed by atoms with Gasteiger partial charge in [-0.15, -0.1) is 0 Å². The third kappa shape index (κ3) is 10.4. The number of aromatic nitrogens is 1. The molecular formula is C24H30CaFrN5O4. The number of nitrogens with zero attached hydrogens (tertiary/aromatic N) is 2. The van der Waals surface area contributed by atoms with E-state index in [0.29, 0.717) is 32.5 Å². The monoisotopic (exact) mass is 715 g/mol. The molecule has 2 heterocycles. The van der Waals surface area contributed by atoms with Gasteiger partial charge in [0.2, 0.25) is 5.91 Å². The van der Waals surface area contributed by atoms with E-state index in [1.54, 1.807) is 26.3 Å². The fourth-order valence-corrected chi connectivity index (χ4v) is 3.89. The van der Waals surface area contributed by atoms with Gasteiger partial charge in [0.1, 0.15) is 0 Å². The van der Waals surface area contributed by atoms with Crippen LogP contribution in [0.3, 0.4) is 0 Å². The molecular weight excluding hydrogens is 685 g/mol. The summed E-state index contributed by atoms with van der Waals surface area (Å²) in [5.41, 5.74) is 9.24. The summed E-state index contributed by atoms with van der Waals surface area (Å²) in [7, 11) is 0. The minimum Gasteiger partial charge on any atom is -0.666 e. The average molecular weight is 716 g/mol. The van der Waals surface area contributed by atoms with Crippen LogP contribution in [0.15, 0.2) is 42.6 Å². The average Bonchev–Trinajstić information content (AvgIpc) is 3.36. The number of para-hydroxylation sites is 1. The molecule has 1 aliphatic heterocycles. The van der Waals surface area contributed by atoms with Crippen LogP contribution >= 0.6 is 0 Å². The SMILES string of the molecule is [Ca+][Fr].[NH-]C(=O)Cn1cc(CNCCCNC(=O)CCCCCN2C(=O)C=CC2=O)c2ccccc21. The van der Waals surface area contributed by atoms with E-state index in [1.165, 1.54) is 17.1 Å². The van der Waals surface area contributed by atoms with Crippen LogP contribution in [-0.2, 0) is 32.3 Å². The van der Waals surface area contributed by atoms with Gasteiger partial charge < -0.3 is 25.7 Å². The zero-order chi connectivity index (χ0) is 25.6. The molecule has 0 saturated heterocycles. The van der Waals surface area contributed by atoms with Gasteiger partial charge in [-0.1, -0.05) is 24.6 Å². The van der Waals surface area contributed by atoms with Crippen LogP contribution in [0.4, 0.5) is 0 Å². The molecule has 0 bridgehead atoms. The Kier molecular flexibility index (Phi) is 14.9. The Morgan fingerprint density at radius 1 is 0.971 bits per heavy atom. The van der Waals surface area contributed by atoms with Crippen molar-refractivity contribution in [3.8, 4) is 0 Å². The van der Waals surface area contributed by atoms with Gasteiger partial charge in [0.05, 0.1) is 12.5 Å². The molecule has 0 unspecified atom stereocenters. The first kappa shape index (κ1) is 30.6. The Morgan fingerprint density at radius 3 is 2.40 bits per heavy atom. The van der Waals surface area contributed by atoms with E-state index in [9.17, 15) is 19.2 Å². The van der Waals surface area contributed by atoms with Crippen LogP contribution < -0.4 is 10.6 Å². The second-order valence-corrected chi connectivity index (χ2v) is 8.07. The first-order chi connectivity index (χ1) is 17.0. The summed E-state index contributed by atoms with van der Waals surface area (Å²) in [5, 5.41) is 7.34. The van der Waals surface area contributed by atoms with Crippen molar-refractivity contribution >= 4 is 56.3 Å². The molecule has 0 radical (unpaired) electrons. The topological polar surface area (TPSA) is 124 Å². The van der Waals surface area contributed by atoms with Crippen LogP contribution in [0, 0.1) is 35.9 Å². The van der Waals surface area contributed by atoms with Gasteiger partial charge in [0.25, 0.3) is 11.8 Å². The van der Waals surface area contributed by atoms with Gasteiger partial charge in [0.15, 0.2) is 0 Å². The summed E-state index contributed by atoms with van der Waals surface area (Å²) < 4.78 is 1.81. The molecule has 3 N–H and O–H groups in total. The number of carbonyl (C=O) groups is 4. The molecule has 3 rings (SSSR count). The minimum absolute atomic E-state index is 0.00752. The number of imide groups is 1. The summed E-state index contributed by atoms with van der Waals surface area (Å²) in [5.74, 6) is -1.15. The molecule has 2 aromatic rings. The maximum Gasteiger partial charge on any atom is 0.253 e. The summed E-state index contributed by atoms with van der Waals surface area (Å²) in [6.07, 6.45) is 7.91. The van der Waals surface area contributed by atoms with Crippen molar-refractivity contribution in [1.82, 2.24) is 20.1 Å². The standard InChI is InChI=1S/C24H31N5O4.Ca.Fr/c25-21(30)17-28-16-18(19-7-3-4-8-20(19)28)15-26-12-6-13-27-22(31)9-2-1-5-14-29-23(32)10-11-24(29)33;;/h3-4,7-8,10-11,16,26H,1-2,5-6,9,12-15,17H2,(H3,25,27,30,31);;/q;+1;/p-1. The largest absolute Gasteiger partial charge is 0.666 e. The number of rotatable bonds is 14. The summed E-state index contributed by atoms with van der Waals surface area (Å²) in [4.78, 5) is 47.3. The Morgan fingerprint density at radius 2 is 1.69 bits per heavy atom. The van der Waals surface area contributed by atoms with Crippen molar-refractivity contribution in [2.45, 2.75) is 45.2 Å². The molecule has 0 fully saturated rings. The maximum absolute atomic E-state index is 12.0. The second-order valence-electron chi connectivity index (χ2n) is 8.07. The van der Waals surface area contributed by atoms with Crippen LogP contribution in [0.2, 0.25) is 0 Å². The number of amides is 4. The van der Waals surface area contributed by atoms with Crippen LogP contribution in [0.5, 0.6) is 0 Å². The van der Waals surface area contributed by atoms with E-state index in [1.807, 2.05) is 30.5 Å². The Labute approximate surface area is 246 Å². The molecule has 9 nitrogen and oxygen atoms in total. The van der Waals surface area contributed by atoms with Gasteiger partial charge in [0, 0.05) is 55.3 Å². The maximum atomic E-state index is 12.0. The van der Waals surface area contributed by atoms with E-state index in [-0.39, 0.29) is 24.3 Å². The number of hydrogen-bond acceptors (Lipinski definition) is 5. The molecule has 0 spiro atoms. The number of carbonyl (C=O) groups excluding carboxylic acids is 4. The molecule has 1 aromatic heterocycles. The molecule has 35 heavy (non-hydrogen) atoms. The van der Waals surface area contributed by atoms with Crippen molar-refractivity contribution in [1.29, 1.82) is 0 Å². The van der Waals surface area contributed by atoms with Crippen molar-refractivity contribution in [3.05, 3.63) is 53.9 Å². The first-order valence-electron chi connectivity index (χ1n) is 12.0. The number of hydrogen-bond donors (Lipinski definition) is 2. The van der Waals surface area contributed by atoms with Crippen LogP contribution in [0.1, 0.15) is 37.7 Å². The zero-order valence-electron chi connectivity index (χ0n) is 20.3. The normalized spacial score (nSPS) is 12.7. The summed E-state index contributed by atoms with van der Waals surface area (Å²) in [6, 6.07) is 7.83. The fraction of sp³-hybridized carbons (Fsp3) is 0.417. The van der Waals surface area contributed by atoms with Crippen LogP contribution in [-0.4, -0.2) is 74.4 Å². The summed E-state index contributed by atoms with van der Waals surface area (Å²) in [6.45, 7) is 2.41. The predicted octanol–water partition coefficient (Wildman–Crippen LogP) is 1.92. The Hall–Kier alpha value is -0.603. The molecule has 0 aliphatic carbocycles. The summed E-state index contributed by atoms with van der Waals surface area (Å²) >= 11 is 2.58. The molecule has 178 valence electrons. The first-order valence-corrected chi connectivity index (χ1v) is 38.2. The van der Waals surface area contributed by atoms with E-state index in [4.69, 9.17) is 5.73 Å². The van der Waals surface area contributed by atoms with E-state index >= 15 is 0 Å². The molecule has 4 amide bonds. The van der Waals surface area contributed by atoms with Crippen LogP contribution in [0.25, 0.3) is 16.6 Å². The van der Waals surface area contributed by atoms with Gasteiger partial charge in [-0.05, 0) is 37.4 Å². The van der Waals surface area contributed by atoms with E-state index < -0.39 is 5.91 Å². The van der Waals surface area contributed by atoms with Crippen molar-refractivity contribution in [3.63, 3.8) is 0 Å². The van der Waals surface area contributed by atoms with Gasteiger partial charge in [-0.25, -0.2) is 0 Å². The fourth-order valence-electron chi connectivity index (χ4n) is 3.89. The molecule has 11 heteroatoms. The molecule has 0 saturated carbocycles. The zero-order valence-corrected chi connectivity index (χ0v) is 30.8. The Balaban J connectivity index is 0.00000210. The van der Waals surface area contributed by atoms with E-state index in [2.05, 4.69) is 10.6 Å². The third-order valence-electron chi connectivity index (χ3n) is 5.54. The van der Waals surface area contributed by atoms with Crippen molar-refractivity contribution in [2.24, 2.45) is 0 Å². The van der Waals surface area contributed by atoms with Gasteiger partial charge in [-0.3, -0.25) is 19.3 Å². The number of unbranched alkanes of at least 4 members (excludes halogenated alkanes) is 2. The van der Waals surface area contributed by atoms with Gasteiger partial charge >= 0.3 is 57.7 Å². The number of benzene rings is 1. The van der Waals surface area contributed by atoms with E-state index in [0.717, 1.165) is 78.2 Å². The Bertz CT molecular complexity index is 1040. The second kappa shape index (κ2) is 17.0. The third-order valence-corrected chi connectivity index (χ3v) is 5.54. The smallest absolute Gasteiger partial charge is 0.253 e. The number of nitrogens with one attached hydrogen (secondary N) is 3. The van der Waals surface area contributed by atoms with Crippen molar-refractivity contribution < 1.29 is 55.1 Å². The molecule has 0 atom stereocenters. The minimum atomic E-state index is -0.625. The molecule has 1 aromatic carbocycles. The quantitative estimate of drug-likeness (QED) is 0.176. The molecule has 1 aliphatic rings. The van der Waals surface area contributed by atoms with Crippen molar-refractivity contribution in [2.75, 3.05) is 19.6 Å². The van der Waals surface area contributed by atoms with Gasteiger partial charge in [-0.2, -0.15) is 0 Å². The number of fused-ring (bicyclic) bond motifs is 1.